The molecule has 11 heteroatoms. The average molecular weight is 414 g/mol. The molecule has 0 fully saturated rings. The predicted octanol–water partition coefficient (Wildman–Crippen LogP) is 1.98. The molecular weight excluding hydrogens is 398 g/mol. The summed E-state index contributed by atoms with van der Waals surface area (Å²) in [5.41, 5.74) is 0. The van der Waals surface area contributed by atoms with E-state index in [1.165, 1.54) is 24.3 Å². The van der Waals surface area contributed by atoms with E-state index in [-0.39, 0.29) is 49.2 Å². The molecule has 0 bridgehead atoms. The van der Waals surface area contributed by atoms with E-state index in [4.69, 9.17) is 0 Å². The van der Waals surface area contributed by atoms with Crippen molar-refractivity contribution in [3.05, 3.63) is 60.7 Å². The van der Waals surface area contributed by atoms with Crippen LogP contribution in [0.1, 0.15) is 0 Å². The maximum Gasteiger partial charge on any atom is 2.00 e. The summed E-state index contributed by atoms with van der Waals surface area (Å²) in [6.45, 7) is 0. The molecule has 2 atom stereocenters. The summed E-state index contributed by atoms with van der Waals surface area (Å²) >= 11 is 0. The van der Waals surface area contributed by atoms with Gasteiger partial charge in [0.15, 0.2) is 0 Å². The fraction of sp³-hybridized carbons (Fsp3) is 0.143. The van der Waals surface area contributed by atoms with Crippen LogP contribution in [0, 0.1) is 0 Å². The number of hydrogen-bond acceptors (Lipinski definition) is 8. The zero-order valence-corrected chi connectivity index (χ0v) is 17.6. The maximum atomic E-state index is 10.8. The summed E-state index contributed by atoms with van der Waals surface area (Å²) in [6, 6.07) is 16.3. The Hall–Kier alpha value is -0.400. The van der Waals surface area contributed by atoms with Gasteiger partial charge in [-0.1, -0.05) is 36.4 Å². The molecule has 132 valence electrons. The molecule has 0 N–H and O–H groups in total. The first-order chi connectivity index (χ1) is 11.3. The standard InChI is InChI=1S/2C7H9O4P.Ca/c2*1-10-12(8,9)11-7-5-3-2-4-6-7;/h2*2-6H,1H3,(H,8,9);/q;;+2/p-2. The molecule has 0 aliphatic rings. The van der Waals surface area contributed by atoms with Crippen molar-refractivity contribution in [2.24, 2.45) is 0 Å². The average Bonchev–Trinajstić information content (AvgIpc) is 2.57. The summed E-state index contributed by atoms with van der Waals surface area (Å²) in [4.78, 5) is 21.5. The third kappa shape index (κ3) is 11.0. The van der Waals surface area contributed by atoms with Crippen molar-refractivity contribution in [2.75, 3.05) is 14.2 Å². The van der Waals surface area contributed by atoms with Crippen LogP contribution in [0.2, 0.25) is 0 Å². The quantitative estimate of drug-likeness (QED) is 0.520. The number of phosphoric acid groups is 2. The van der Waals surface area contributed by atoms with E-state index in [1.807, 2.05) is 0 Å². The molecule has 0 aliphatic carbocycles. The molecule has 2 rings (SSSR count). The van der Waals surface area contributed by atoms with Crippen molar-refractivity contribution >= 4 is 53.4 Å². The van der Waals surface area contributed by atoms with E-state index in [0.29, 0.717) is 0 Å². The first kappa shape index (κ1) is 24.6. The smallest absolute Gasteiger partial charge is 0.746 e. The minimum Gasteiger partial charge on any atom is -0.746 e. The minimum atomic E-state index is -4.15. The first-order valence-electron chi connectivity index (χ1n) is 6.51. The van der Waals surface area contributed by atoms with Crippen LogP contribution in [0.4, 0.5) is 0 Å². The van der Waals surface area contributed by atoms with Crippen LogP contribution in [0.25, 0.3) is 0 Å². The molecular formula is C14H16CaO8P2. The summed E-state index contributed by atoms with van der Waals surface area (Å²) in [5, 5.41) is 0. The second kappa shape index (κ2) is 12.1. The van der Waals surface area contributed by atoms with Gasteiger partial charge in [0.25, 0.3) is 0 Å². The van der Waals surface area contributed by atoms with Gasteiger partial charge in [0.2, 0.25) is 0 Å². The number of hydrogen-bond donors (Lipinski definition) is 0. The normalized spacial score (nSPS) is 14.6. The van der Waals surface area contributed by atoms with E-state index in [1.54, 1.807) is 36.4 Å². The molecule has 0 heterocycles. The molecule has 2 unspecified atom stereocenters. The minimum absolute atomic E-state index is 0. The van der Waals surface area contributed by atoms with Crippen LogP contribution in [-0.2, 0) is 18.2 Å². The largest absolute Gasteiger partial charge is 2.00 e. The van der Waals surface area contributed by atoms with Gasteiger partial charge in [-0.15, -0.1) is 0 Å². The van der Waals surface area contributed by atoms with Gasteiger partial charge in [0.1, 0.15) is 11.5 Å². The Bertz CT molecular complexity index is 637. The van der Waals surface area contributed by atoms with Crippen LogP contribution in [0.5, 0.6) is 11.5 Å². The Morgan fingerprint density at radius 1 is 0.680 bits per heavy atom. The van der Waals surface area contributed by atoms with Gasteiger partial charge in [0, 0.05) is 14.2 Å². The fourth-order valence-electron chi connectivity index (χ4n) is 1.30. The van der Waals surface area contributed by atoms with E-state index < -0.39 is 15.6 Å². The van der Waals surface area contributed by atoms with Crippen LogP contribution in [0.15, 0.2) is 60.7 Å². The Labute approximate surface area is 175 Å². The third-order valence-corrected chi connectivity index (χ3v) is 4.13. The topological polar surface area (TPSA) is 117 Å². The van der Waals surface area contributed by atoms with Crippen LogP contribution in [-0.4, -0.2) is 52.0 Å². The Morgan fingerprint density at radius 2 is 0.960 bits per heavy atom. The molecule has 0 spiro atoms. The molecule has 0 aromatic heterocycles. The fourth-order valence-corrected chi connectivity index (χ4v) is 2.20. The monoisotopic (exact) mass is 414 g/mol. The molecule has 8 nitrogen and oxygen atoms in total. The summed E-state index contributed by atoms with van der Waals surface area (Å²) < 4.78 is 38.8. The second-order valence-electron chi connectivity index (χ2n) is 4.07. The van der Waals surface area contributed by atoms with Crippen molar-refractivity contribution in [2.45, 2.75) is 0 Å². The molecule has 0 amide bonds. The molecule has 0 radical (unpaired) electrons. The molecule has 2 aromatic carbocycles. The summed E-state index contributed by atoms with van der Waals surface area (Å²) in [5.74, 6) is 0.496. The van der Waals surface area contributed by atoms with Gasteiger partial charge in [-0.05, 0) is 24.3 Å². The van der Waals surface area contributed by atoms with Gasteiger partial charge in [-0.3, -0.25) is 9.13 Å². The van der Waals surface area contributed by atoms with Crippen molar-refractivity contribution in [1.29, 1.82) is 0 Å². The Kier molecular flexibility index (Phi) is 11.9. The van der Waals surface area contributed by atoms with Gasteiger partial charge in [-0.25, -0.2) is 0 Å². The van der Waals surface area contributed by atoms with Crippen molar-refractivity contribution < 1.29 is 37.0 Å². The number of benzene rings is 2. The van der Waals surface area contributed by atoms with Gasteiger partial charge < -0.3 is 27.9 Å². The van der Waals surface area contributed by atoms with E-state index in [9.17, 15) is 18.9 Å². The van der Waals surface area contributed by atoms with Crippen LogP contribution < -0.4 is 18.8 Å². The molecule has 2 aromatic rings. The number of rotatable bonds is 6. The number of para-hydroxylation sites is 2. The van der Waals surface area contributed by atoms with Gasteiger partial charge in [0.05, 0.1) is 0 Å². The number of phosphoric ester groups is 2. The van der Waals surface area contributed by atoms with Crippen LogP contribution in [0.3, 0.4) is 0 Å². The zero-order chi connectivity index (χ0) is 18.1. The van der Waals surface area contributed by atoms with Gasteiger partial charge in [-0.2, -0.15) is 0 Å². The van der Waals surface area contributed by atoms with Crippen molar-refractivity contribution in [3.63, 3.8) is 0 Å². The Balaban J connectivity index is 0.000000443. The zero-order valence-electron chi connectivity index (χ0n) is 13.6. The summed E-state index contributed by atoms with van der Waals surface area (Å²) in [7, 11) is -6.19. The predicted molar refractivity (Wildman–Crippen MR) is 89.1 cm³/mol. The maximum absolute atomic E-state index is 10.8. The first-order valence-corrected chi connectivity index (χ1v) is 9.43. The van der Waals surface area contributed by atoms with E-state index in [2.05, 4.69) is 18.1 Å². The molecule has 0 saturated carbocycles. The van der Waals surface area contributed by atoms with Crippen molar-refractivity contribution in [3.8, 4) is 11.5 Å². The third-order valence-electron chi connectivity index (χ3n) is 2.37. The van der Waals surface area contributed by atoms with Crippen molar-refractivity contribution in [1.82, 2.24) is 0 Å². The Morgan fingerprint density at radius 3 is 1.20 bits per heavy atom. The molecule has 25 heavy (non-hydrogen) atoms. The van der Waals surface area contributed by atoms with Gasteiger partial charge >= 0.3 is 53.4 Å². The summed E-state index contributed by atoms with van der Waals surface area (Å²) in [6.07, 6.45) is 0. The van der Waals surface area contributed by atoms with Crippen LogP contribution >= 0.6 is 15.6 Å². The molecule has 0 saturated heterocycles. The van der Waals surface area contributed by atoms with E-state index >= 15 is 0 Å². The SMILES string of the molecule is COP(=O)([O-])Oc1ccccc1.COP(=O)([O-])Oc1ccccc1.[Ca+2]. The van der Waals surface area contributed by atoms with E-state index in [0.717, 1.165) is 14.2 Å². The second-order valence-corrected chi connectivity index (χ2v) is 6.95. The molecule has 0 aliphatic heterocycles.